The van der Waals surface area contributed by atoms with E-state index in [0.29, 0.717) is 12.0 Å². The molecule has 1 saturated carbocycles. The van der Waals surface area contributed by atoms with E-state index in [1.54, 1.807) is 0 Å². The maximum atomic E-state index is 5.90. The molecule has 0 bridgehead atoms. The van der Waals surface area contributed by atoms with Gasteiger partial charge in [0.15, 0.2) is 9.04 Å². The van der Waals surface area contributed by atoms with E-state index in [0.717, 1.165) is 18.4 Å². The minimum absolute atomic E-state index is 0.418. The number of methoxy groups -OCH3 is 1. The van der Waals surface area contributed by atoms with Gasteiger partial charge in [-0.25, -0.2) is 0 Å². The second kappa shape index (κ2) is 6.77. The lowest BCUT2D eigenvalue weighted by atomic mass is 9.74. The Kier molecular flexibility index (Phi) is 6.01. The van der Waals surface area contributed by atoms with Gasteiger partial charge in [-0.1, -0.05) is 20.3 Å². The Labute approximate surface area is 102 Å². The zero-order chi connectivity index (χ0) is 12.1. The maximum Gasteiger partial charge on any atom is 0.170 e. The monoisotopic (exact) mass is 244 g/mol. The van der Waals surface area contributed by atoms with Crippen LogP contribution in [0.5, 0.6) is 0 Å². The van der Waals surface area contributed by atoms with Crippen LogP contribution in [0.1, 0.15) is 33.1 Å². The van der Waals surface area contributed by atoms with Crippen molar-refractivity contribution in [3.63, 3.8) is 0 Å². The van der Waals surface area contributed by atoms with Crippen LogP contribution in [0.15, 0.2) is 0 Å². The molecule has 1 aliphatic rings. The van der Waals surface area contributed by atoms with E-state index in [2.05, 4.69) is 26.9 Å². The molecule has 1 aliphatic carbocycles. The summed E-state index contributed by atoms with van der Waals surface area (Å²) in [4.78, 5) is 0. The molecule has 0 amide bonds. The average Bonchev–Trinajstić information content (AvgIpc) is 2.25. The van der Waals surface area contributed by atoms with Crippen LogP contribution < -0.4 is 0 Å². The molecule has 0 N–H and O–H groups in total. The summed E-state index contributed by atoms with van der Waals surface area (Å²) in [6.07, 6.45) is 4.37. The normalized spacial score (nSPS) is 31.3. The Hall–Kier alpha value is 0.137. The number of rotatable bonds is 5. The van der Waals surface area contributed by atoms with Crippen LogP contribution in [0, 0.1) is 17.8 Å². The summed E-state index contributed by atoms with van der Waals surface area (Å²) < 4.78 is 11.6. The molecule has 0 heterocycles. The molecule has 0 aromatic rings. The van der Waals surface area contributed by atoms with Gasteiger partial charge in [0.25, 0.3) is 0 Å². The van der Waals surface area contributed by atoms with Gasteiger partial charge >= 0.3 is 0 Å². The van der Waals surface area contributed by atoms with Crippen LogP contribution in [0.25, 0.3) is 0 Å². The maximum absolute atomic E-state index is 5.90. The topological polar surface area (TPSA) is 18.5 Å². The lowest BCUT2D eigenvalue weighted by Gasteiger charge is -2.39. The smallest absolute Gasteiger partial charge is 0.170 e. The van der Waals surface area contributed by atoms with Gasteiger partial charge in [-0.15, -0.1) is 0 Å². The van der Waals surface area contributed by atoms with E-state index < -0.39 is 9.04 Å². The number of ether oxygens (including phenoxy) is 1. The van der Waals surface area contributed by atoms with Crippen LogP contribution in [-0.4, -0.2) is 28.9 Å². The van der Waals surface area contributed by atoms with Crippen LogP contribution in [0.3, 0.4) is 0 Å². The van der Waals surface area contributed by atoms with Crippen molar-refractivity contribution in [3.05, 3.63) is 0 Å². The summed E-state index contributed by atoms with van der Waals surface area (Å²) in [5.74, 6) is 2.08. The highest BCUT2D eigenvalue weighted by atomic mass is 28.3. The van der Waals surface area contributed by atoms with E-state index in [9.17, 15) is 0 Å². The molecule has 3 heteroatoms. The molecule has 0 aromatic carbocycles. The van der Waals surface area contributed by atoms with Crippen LogP contribution in [0.2, 0.25) is 13.1 Å². The molecule has 0 saturated heterocycles. The van der Waals surface area contributed by atoms with E-state index in [1.807, 2.05) is 7.11 Å². The first-order valence-electron chi connectivity index (χ1n) is 6.70. The summed E-state index contributed by atoms with van der Waals surface area (Å²) in [6.45, 7) is 10.0. The van der Waals surface area contributed by atoms with Gasteiger partial charge < -0.3 is 9.16 Å². The molecule has 0 aliphatic heterocycles. The Morgan fingerprint density at radius 3 is 2.44 bits per heavy atom. The summed E-state index contributed by atoms with van der Waals surface area (Å²) in [5, 5.41) is 0. The Morgan fingerprint density at radius 1 is 1.25 bits per heavy atom. The Bertz CT molecular complexity index is 194. The number of hydrogen-bond acceptors (Lipinski definition) is 2. The number of hydrogen-bond donors (Lipinski definition) is 0. The van der Waals surface area contributed by atoms with Crippen molar-refractivity contribution < 1.29 is 9.16 Å². The molecule has 2 nitrogen and oxygen atoms in total. The third kappa shape index (κ3) is 3.86. The van der Waals surface area contributed by atoms with Crippen LogP contribution in [0.4, 0.5) is 0 Å². The van der Waals surface area contributed by atoms with Gasteiger partial charge in [0.05, 0.1) is 6.10 Å². The Balaban J connectivity index is 2.54. The third-order valence-electron chi connectivity index (χ3n) is 3.77. The SMILES string of the molecule is COC1C(CO[SiH](C)C)CCCC1C(C)C. The predicted molar refractivity (Wildman–Crippen MR) is 71.3 cm³/mol. The average molecular weight is 244 g/mol. The van der Waals surface area contributed by atoms with Crippen molar-refractivity contribution in [1.82, 2.24) is 0 Å². The van der Waals surface area contributed by atoms with Gasteiger partial charge in [-0.3, -0.25) is 0 Å². The molecule has 1 rings (SSSR count). The first kappa shape index (κ1) is 14.2. The van der Waals surface area contributed by atoms with Crippen molar-refractivity contribution in [2.24, 2.45) is 17.8 Å². The van der Waals surface area contributed by atoms with E-state index in [1.165, 1.54) is 19.3 Å². The first-order chi connectivity index (χ1) is 7.56. The Morgan fingerprint density at radius 2 is 1.94 bits per heavy atom. The van der Waals surface area contributed by atoms with E-state index in [-0.39, 0.29) is 0 Å². The minimum Gasteiger partial charge on any atom is -0.420 e. The zero-order valence-electron chi connectivity index (χ0n) is 11.5. The van der Waals surface area contributed by atoms with Crippen molar-refractivity contribution in [2.75, 3.05) is 13.7 Å². The van der Waals surface area contributed by atoms with Crippen molar-refractivity contribution in [1.29, 1.82) is 0 Å². The van der Waals surface area contributed by atoms with E-state index >= 15 is 0 Å². The molecule has 3 atom stereocenters. The molecular weight excluding hydrogens is 216 g/mol. The zero-order valence-corrected chi connectivity index (χ0v) is 12.7. The summed E-state index contributed by atoms with van der Waals surface area (Å²) in [7, 11) is 0.986. The van der Waals surface area contributed by atoms with Crippen molar-refractivity contribution >= 4 is 9.04 Å². The van der Waals surface area contributed by atoms with Gasteiger partial charge in [0.2, 0.25) is 0 Å². The minimum atomic E-state index is -0.880. The van der Waals surface area contributed by atoms with Gasteiger partial charge in [-0.2, -0.15) is 0 Å². The second-order valence-corrected chi connectivity index (χ2v) is 8.11. The standard InChI is InChI=1S/C13H28O2Si/c1-10(2)12-8-6-7-11(13(12)14-3)9-15-16(4)5/h10-13,16H,6-9H2,1-5H3. The predicted octanol–water partition coefficient (Wildman–Crippen LogP) is 3.07. The first-order valence-corrected chi connectivity index (χ1v) is 9.48. The highest BCUT2D eigenvalue weighted by Gasteiger charge is 2.35. The fourth-order valence-electron chi connectivity index (χ4n) is 2.87. The van der Waals surface area contributed by atoms with Crippen molar-refractivity contribution in [2.45, 2.75) is 52.3 Å². The van der Waals surface area contributed by atoms with E-state index in [4.69, 9.17) is 9.16 Å². The molecule has 16 heavy (non-hydrogen) atoms. The van der Waals surface area contributed by atoms with Gasteiger partial charge in [-0.05, 0) is 37.8 Å². The summed E-state index contributed by atoms with van der Waals surface area (Å²) in [5.41, 5.74) is 0. The summed E-state index contributed by atoms with van der Waals surface area (Å²) >= 11 is 0. The fraction of sp³-hybridized carbons (Fsp3) is 1.00. The molecule has 0 spiro atoms. The molecular formula is C13H28O2Si. The van der Waals surface area contributed by atoms with Gasteiger partial charge in [0.1, 0.15) is 0 Å². The quantitative estimate of drug-likeness (QED) is 0.692. The summed E-state index contributed by atoms with van der Waals surface area (Å²) in [6, 6.07) is 0. The van der Waals surface area contributed by atoms with Crippen LogP contribution in [-0.2, 0) is 9.16 Å². The molecule has 1 fully saturated rings. The second-order valence-electron chi connectivity index (χ2n) is 5.68. The largest absolute Gasteiger partial charge is 0.420 e. The van der Waals surface area contributed by atoms with Crippen molar-refractivity contribution in [3.8, 4) is 0 Å². The van der Waals surface area contributed by atoms with Gasteiger partial charge in [0, 0.05) is 19.6 Å². The lowest BCUT2D eigenvalue weighted by Crippen LogP contribution is -2.40. The lowest BCUT2D eigenvalue weighted by molar-refractivity contribution is -0.0490. The molecule has 0 radical (unpaired) electrons. The molecule has 0 aromatic heterocycles. The third-order valence-corrected chi connectivity index (χ3v) is 4.63. The highest BCUT2D eigenvalue weighted by molar-refractivity contribution is 6.48. The molecule has 96 valence electrons. The fourth-order valence-corrected chi connectivity index (χ4v) is 3.50. The van der Waals surface area contributed by atoms with Crippen LogP contribution >= 0.6 is 0 Å². The molecule has 3 unspecified atom stereocenters. The highest BCUT2D eigenvalue weighted by Crippen LogP contribution is 2.36.